The number of aliphatic hydroxyl groups is 1. The summed E-state index contributed by atoms with van der Waals surface area (Å²) in [4.78, 5) is 15.6. The largest absolute Gasteiger partial charge is 0.488 e. The zero-order chi connectivity index (χ0) is 26.5. The van der Waals surface area contributed by atoms with E-state index in [1.807, 2.05) is 6.07 Å². The predicted octanol–water partition coefficient (Wildman–Crippen LogP) is 4.48. The van der Waals surface area contributed by atoms with Crippen LogP contribution in [0.1, 0.15) is 52.8 Å². The minimum absolute atomic E-state index is 0.0825. The fourth-order valence-corrected chi connectivity index (χ4v) is 4.72. The van der Waals surface area contributed by atoms with Gasteiger partial charge in [0.25, 0.3) is 0 Å². The summed E-state index contributed by atoms with van der Waals surface area (Å²) < 4.78 is 12.4. The van der Waals surface area contributed by atoms with Gasteiger partial charge in [0.05, 0.1) is 16.7 Å². The van der Waals surface area contributed by atoms with Gasteiger partial charge in [0.1, 0.15) is 36.3 Å². The lowest BCUT2D eigenvalue weighted by Crippen LogP contribution is -2.44. The van der Waals surface area contributed by atoms with Crippen LogP contribution in [0.2, 0.25) is 5.02 Å². The molecule has 37 heavy (non-hydrogen) atoms. The number of ether oxygens (including phenoxy) is 2. The van der Waals surface area contributed by atoms with Gasteiger partial charge >= 0.3 is 5.97 Å². The lowest BCUT2D eigenvalue weighted by molar-refractivity contribution is -0.142. The number of benzene rings is 2. The lowest BCUT2D eigenvalue weighted by atomic mass is 10.0. The molecule has 3 aromatic rings. The molecule has 0 saturated heterocycles. The number of halogens is 1. The molecule has 3 atom stereocenters. The Hall–Kier alpha value is -3.64. The summed E-state index contributed by atoms with van der Waals surface area (Å²) in [7, 11) is 0. The van der Waals surface area contributed by atoms with Crippen LogP contribution in [0.4, 0.5) is 0 Å². The standard InChI is InChI=1S/C28H28ClN3O5/c1-16-4-3-5-22-21(16)6-7-24(22)37-26-10-25(36-15-19-8-18(11-30)12-31-13-19)20(9-23(26)29)14-32-27(17(2)33)28(34)35/h3-5,8-10,12-13,17,24,27,32-33H,6-7,14-15H2,1-2H3,(H,34,35)/t17-,24+,27+/m1/s1. The highest BCUT2D eigenvalue weighted by Crippen LogP contribution is 2.41. The van der Waals surface area contributed by atoms with Crippen molar-refractivity contribution in [3.05, 3.63) is 87.2 Å². The van der Waals surface area contributed by atoms with E-state index in [4.69, 9.17) is 26.3 Å². The summed E-state index contributed by atoms with van der Waals surface area (Å²) in [6.45, 7) is 3.71. The van der Waals surface area contributed by atoms with Crippen LogP contribution in [0.3, 0.4) is 0 Å². The van der Waals surface area contributed by atoms with Gasteiger partial charge in [0.2, 0.25) is 0 Å². The third-order valence-corrected chi connectivity index (χ3v) is 6.71. The fourth-order valence-electron chi connectivity index (χ4n) is 4.49. The molecular weight excluding hydrogens is 494 g/mol. The number of aliphatic carboxylic acids is 1. The van der Waals surface area contributed by atoms with Crippen molar-refractivity contribution in [3.8, 4) is 17.6 Å². The van der Waals surface area contributed by atoms with E-state index >= 15 is 0 Å². The summed E-state index contributed by atoms with van der Waals surface area (Å²) in [5, 5.41) is 31.6. The van der Waals surface area contributed by atoms with Gasteiger partial charge in [0, 0.05) is 36.1 Å². The molecule has 0 fully saturated rings. The first-order chi connectivity index (χ1) is 17.8. The topological polar surface area (TPSA) is 125 Å². The molecule has 8 nitrogen and oxygen atoms in total. The number of rotatable bonds is 10. The Kier molecular flexibility index (Phi) is 8.29. The van der Waals surface area contributed by atoms with Crippen molar-refractivity contribution < 1.29 is 24.5 Å². The molecule has 2 aromatic carbocycles. The highest BCUT2D eigenvalue weighted by Gasteiger charge is 2.27. The molecular formula is C28H28ClN3O5. The van der Waals surface area contributed by atoms with Gasteiger partial charge in [-0.3, -0.25) is 15.1 Å². The van der Waals surface area contributed by atoms with Gasteiger partial charge in [-0.25, -0.2) is 0 Å². The number of aliphatic hydroxyl groups excluding tert-OH is 1. The van der Waals surface area contributed by atoms with E-state index in [2.05, 4.69) is 35.4 Å². The molecule has 0 bridgehead atoms. The van der Waals surface area contributed by atoms with E-state index in [1.54, 1.807) is 24.4 Å². The summed E-state index contributed by atoms with van der Waals surface area (Å²) in [5.41, 5.74) is 5.38. The number of aromatic nitrogens is 1. The Morgan fingerprint density at radius 1 is 1.30 bits per heavy atom. The number of pyridine rings is 1. The van der Waals surface area contributed by atoms with E-state index in [0.717, 1.165) is 18.4 Å². The minimum atomic E-state index is -1.17. The smallest absolute Gasteiger partial charge is 0.323 e. The second-order valence-electron chi connectivity index (χ2n) is 9.10. The third-order valence-electron chi connectivity index (χ3n) is 6.41. The number of nitrogens with one attached hydrogen (secondary N) is 1. The maximum atomic E-state index is 11.5. The molecule has 192 valence electrons. The van der Waals surface area contributed by atoms with Gasteiger partial charge in [-0.1, -0.05) is 29.8 Å². The van der Waals surface area contributed by atoms with Crippen molar-refractivity contribution in [2.45, 2.75) is 58.1 Å². The number of fused-ring (bicyclic) bond motifs is 1. The molecule has 9 heteroatoms. The van der Waals surface area contributed by atoms with Gasteiger partial charge < -0.3 is 19.7 Å². The number of carboxylic acid groups (broad SMARTS) is 1. The van der Waals surface area contributed by atoms with Crippen LogP contribution in [-0.4, -0.2) is 33.3 Å². The molecule has 0 radical (unpaired) electrons. The van der Waals surface area contributed by atoms with Gasteiger partial charge in [-0.15, -0.1) is 0 Å². The number of nitriles is 1. The third kappa shape index (κ3) is 6.20. The Morgan fingerprint density at radius 3 is 2.84 bits per heavy atom. The quantitative estimate of drug-likeness (QED) is 0.356. The first-order valence-corrected chi connectivity index (χ1v) is 12.3. The molecule has 0 aliphatic heterocycles. The van der Waals surface area contributed by atoms with Crippen LogP contribution in [0.15, 0.2) is 48.8 Å². The second-order valence-corrected chi connectivity index (χ2v) is 9.51. The Morgan fingerprint density at radius 2 is 2.11 bits per heavy atom. The van der Waals surface area contributed by atoms with Crippen molar-refractivity contribution in [1.29, 1.82) is 5.26 Å². The van der Waals surface area contributed by atoms with E-state index in [0.29, 0.717) is 33.2 Å². The van der Waals surface area contributed by atoms with Gasteiger partial charge in [-0.2, -0.15) is 5.26 Å². The molecule has 0 saturated carbocycles. The molecule has 0 amide bonds. The minimum Gasteiger partial charge on any atom is -0.488 e. The van der Waals surface area contributed by atoms with E-state index in [-0.39, 0.29) is 19.3 Å². The Bertz CT molecular complexity index is 1340. The molecule has 1 aromatic heterocycles. The van der Waals surface area contributed by atoms with Gasteiger partial charge in [-0.05, 0) is 55.5 Å². The SMILES string of the molecule is Cc1cccc2c1CC[C@@H]2Oc1cc(OCc2cncc(C#N)c2)c(CN[C@H](C(=O)O)[C@@H](C)O)cc1Cl. The summed E-state index contributed by atoms with van der Waals surface area (Å²) in [6.07, 6.45) is 3.58. The van der Waals surface area contributed by atoms with Crippen LogP contribution in [0, 0.1) is 18.3 Å². The summed E-state index contributed by atoms with van der Waals surface area (Å²) in [5.74, 6) is -0.279. The maximum absolute atomic E-state index is 11.5. The van der Waals surface area contributed by atoms with Crippen molar-refractivity contribution in [2.75, 3.05) is 0 Å². The normalized spacial score (nSPS) is 15.9. The number of aryl methyl sites for hydroxylation is 1. The zero-order valence-electron chi connectivity index (χ0n) is 20.6. The number of carboxylic acids is 1. The van der Waals surface area contributed by atoms with E-state index in [9.17, 15) is 15.0 Å². The van der Waals surface area contributed by atoms with Crippen molar-refractivity contribution in [3.63, 3.8) is 0 Å². The molecule has 0 spiro atoms. The monoisotopic (exact) mass is 521 g/mol. The highest BCUT2D eigenvalue weighted by atomic mass is 35.5. The van der Waals surface area contributed by atoms with Crippen LogP contribution < -0.4 is 14.8 Å². The number of nitrogens with zero attached hydrogens (tertiary/aromatic N) is 2. The first-order valence-electron chi connectivity index (χ1n) is 12.0. The van der Waals surface area contributed by atoms with E-state index in [1.165, 1.54) is 24.2 Å². The second kappa shape index (κ2) is 11.6. The highest BCUT2D eigenvalue weighted by molar-refractivity contribution is 6.32. The molecule has 4 rings (SSSR count). The molecule has 0 unspecified atom stereocenters. The molecule has 1 aliphatic rings. The van der Waals surface area contributed by atoms with Crippen molar-refractivity contribution in [2.24, 2.45) is 0 Å². The van der Waals surface area contributed by atoms with Crippen LogP contribution in [0.5, 0.6) is 11.5 Å². The zero-order valence-corrected chi connectivity index (χ0v) is 21.3. The van der Waals surface area contributed by atoms with Crippen LogP contribution >= 0.6 is 11.6 Å². The first kappa shape index (κ1) is 26.4. The Balaban J connectivity index is 1.61. The fraction of sp³-hybridized carbons (Fsp3) is 0.321. The maximum Gasteiger partial charge on any atom is 0.323 e. The molecule has 3 N–H and O–H groups in total. The van der Waals surface area contributed by atoms with Crippen molar-refractivity contribution in [1.82, 2.24) is 10.3 Å². The van der Waals surface area contributed by atoms with Crippen LogP contribution in [0.25, 0.3) is 0 Å². The average molecular weight is 522 g/mol. The average Bonchev–Trinajstić information content (AvgIpc) is 3.28. The van der Waals surface area contributed by atoms with Crippen molar-refractivity contribution >= 4 is 17.6 Å². The summed E-state index contributed by atoms with van der Waals surface area (Å²) >= 11 is 6.62. The van der Waals surface area contributed by atoms with E-state index < -0.39 is 18.1 Å². The molecule has 1 heterocycles. The number of hydrogen-bond acceptors (Lipinski definition) is 7. The number of hydrogen-bond donors (Lipinski definition) is 3. The predicted molar refractivity (Wildman–Crippen MR) is 138 cm³/mol. The Labute approximate surface area is 220 Å². The lowest BCUT2D eigenvalue weighted by Gasteiger charge is -2.21. The van der Waals surface area contributed by atoms with Gasteiger partial charge in [0.15, 0.2) is 0 Å². The van der Waals surface area contributed by atoms with Crippen LogP contribution in [-0.2, 0) is 24.4 Å². The number of carbonyl (C=O) groups is 1. The molecule has 1 aliphatic carbocycles. The summed E-state index contributed by atoms with van der Waals surface area (Å²) in [6, 6.07) is 12.1.